The third-order valence-electron chi connectivity index (χ3n) is 3.21. The number of nitro groups is 1. The van der Waals surface area contributed by atoms with Crippen LogP contribution in [0.15, 0.2) is 30.5 Å². The summed E-state index contributed by atoms with van der Waals surface area (Å²) in [5.41, 5.74) is -0.638. The number of esters is 1. The third-order valence-corrected chi connectivity index (χ3v) is 3.21. The van der Waals surface area contributed by atoms with Crippen LogP contribution >= 0.6 is 0 Å². The van der Waals surface area contributed by atoms with Crippen molar-refractivity contribution in [2.45, 2.75) is 6.42 Å². The van der Waals surface area contributed by atoms with Crippen molar-refractivity contribution in [3.63, 3.8) is 0 Å². The fourth-order valence-corrected chi connectivity index (χ4v) is 2.04. The smallest absolute Gasteiger partial charge is 0.339 e. The molecular formula is C15H13F2N3O4. The molecule has 2 rings (SSSR count). The van der Waals surface area contributed by atoms with Gasteiger partial charge in [-0.1, -0.05) is 6.07 Å². The van der Waals surface area contributed by atoms with Crippen LogP contribution in [0.5, 0.6) is 0 Å². The number of nitrogens with one attached hydrogen (secondary N) is 1. The maximum absolute atomic E-state index is 13.5. The van der Waals surface area contributed by atoms with Gasteiger partial charge in [0.2, 0.25) is 5.82 Å². The van der Waals surface area contributed by atoms with Crippen molar-refractivity contribution in [2.75, 3.05) is 19.0 Å². The second kappa shape index (κ2) is 7.44. The molecule has 1 aromatic carbocycles. The van der Waals surface area contributed by atoms with E-state index in [1.54, 1.807) is 0 Å². The predicted octanol–water partition coefficient (Wildman–Crippen LogP) is 2.71. The van der Waals surface area contributed by atoms with Gasteiger partial charge in [0.15, 0.2) is 0 Å². The van der Waals surface area contributed by atoms with Crippen LogP contribution in [0, 0.1) is 21.7 Å². The summed E-state index contributed by atoms with van der Waals surface area (Å²) >= 11 is 0. The van der Waals surface area contributed by atoms with E-state index in [1.807, 2.05) is 0 Å². The summed E-state index contributed by atoms with van der Waals surface area (Å²) in [6, 6.07) is 4.53. The molecule has 0 aliphatic carbocycles. The van der Waals surface area contributed by atoms with Gasteiger partial charge in [0.1, 0.15) is 11.6 Å². The number of halogens is 2. The summed E-state index contributed by atoms with van der Waals surface area (Å²) in [6.45, 7) is 0.0171. The molecule has 0 saturated carbocycles. The number of aromatic nitrogens is 1. The molecule has 0 saturated heterocycles. The molecule has 24 heavy (non-hydrogen) atoms. The molecule has 0 aliphatic rings. The lowest BCUT2D eigenvalue weighted by Crippen LogP contribution is -2.12. The van der Waals surface area contributed by atoms with Crippen molar-refractivity contribution in [2.24, 2.45) is 0 Å². The van der Waals surface area contributed by atoms with Crippen molar-refractivity contribution < 1.29 is 23.2 Å². The van der Waals surface area contributed by atoms with Gasteiger partial charge in [-0.05, 0) is 18.6 Å². The molecule has 1 heterocycles. The lowest BCUT2D eigenvalue weighted by Gasteiger charge is -2.08. The fourth-order valence-electron chi connectivity index (χ4n) is 2.04. The van der Waals surface area contributed by atoms with Crippen LogP contribution in [-0.2, 0) is 11.2 Å². The maximum atomic E-state index is 13.5. The van der Waals surface area contributed by atoms with Crippen molar-refractivity contribution >= 4 is 17.5 Å². The molecule has 0 spiro atoms. The Morgan fingerprint density at radius 3 is 2.62 bits per heavy atom. The second-order valence-electron chi connectivity index (χ2n) is 4.72. The Morgan fingerprint density at radius 2 is 2.04 bits per heavy atom. The molecule has 1 aromatic heterocycles. The van der Waals surface area contributed by atoms with Crippen molar-refractivity contribution in [1.82, 2.24) is 4.98 Å². The first kappa shape index (κ1) is 17.3. The zero-order valence-electron chi connectivity index (χ0n) is 12.6. The van der Waals surface area contributed by atoms with Gasteiger partial charge < -0.3 is 10.1 Å². The first-order valence-electron chi connectivity index (χ1n) is 6.83. The number of rotatable bonds is 6. The molecule has 2 aromatic rings. The highest BCUT2D eigenvalue weighted by Gasteiger charge is 2.19. The number of benzene rings is 1. The number of carbonyl (C=O) groups is 1. The average Bonchev–Trinajstić information content (AvgIpc) is 2.56. The minimum atomic E-state index is -0.759. The van der Waals surface area contributed by atoms with E-state index in [-0.39, 0.29) is 29.9 Å². The second-order valence-corrected chi connectivity index (χ2v) is 4.72. The molecular weight excluding hydrogens is 324 g/mol. The van der Waals surface area contributed by atoms with E-state index in [0.29, 0.717) is 0 Å². The first-order valence-corrected chi connectivity index (χ1v) is 6.83. The number of carbonyl (C=O) groups excluding carboxylic acids is 1. The Balaban J connectivity index is 2.15. The quantitative estimate of drug-likeness (QED) is 0.495. The van der Waals surface area contributed by atoms with E-state index in [4.69, 9.17) is 0 Å². The number of ether oxygens (including phenoxy) is 1. The first-order chi connectivity index (χ1) is 11.4. The van der Waals surface area contributed by atoms with E-state index in [1.165, 1.54) is 6.07 Å². The van der Waals surface area contributed by atoms with Crippen LogP contribution in [-0.4, -0.2) is 29.5 Å². The zero-order valence-corrected chi connectivity index (χ0v) is 12.6. The molecule has 0 bridgehead atoms. The minimum Gasteiger partial charge on any atom is -0.465 e. The Hall–Kier alpha value is -3.10. The molecule has 0 unspecified atom stereocenters. The SMILES string of the molecule is COC(=O)c1cnc(NCCc2c(F)cccc2F)c([N+](=O)[O-])c1. The Morgan fingerprint density at radius 1 is 1.38 bits per heavy atom. The third kappa shape index (κ3) is 3.80. The number of hydrogen-bond acceptors (Lipinski definition) is 6. The summed E-state index contributed by atoms with van der Waals surface area (Å²) in [4.78, 5) is 25.6. The lowest BCUT2D eigenvalue weighted by molar-refractivity contribution is -0.384. The Kier molecular flexibility index (Phi) is 5.35. The van der Waals surface area contributed by atoms with Gasteiger partial charge in [0, 0.05) is 24.4 Å². The predicted molar refractivity (Wildman–Crippen MR) is 80.8 cm³/mol. The van der Waals surface area contributed by atoms with Crippen LogP contribution < -0.4 is 5.32 Å². The highest BCUT2D eigenvalue weighted by Crippen LogP contribution is 2.23. The van der Waals surface area contributed by atoms with Crippen molar-refractivity contribution in [3.05, 3.63) is 63.3 Å². The van der Waals surface area contributed by atoms with Gasteiger partial charge in [-0.25, -0.2) is 18.6 Å². The molecule has 126 valence electrons. The van der Waals surface area contributed by atoms with Crippen molar-refractivity contribution in [3.8, 4) is 0 Å². The molecule has 0 fully saturated rings. The van der Waals surface area contributed by atoms with E-state index in [0.717, 1.165) is 31.5 Å². The van der Waals surface area contributed by atoms with Crippen LogP contribution in [0.4, 0.5) is 20.3 Å². The fraction of sp³-hybridized carbons (Fsp3) is 0.200. The summed E-state index contributed by atoms with van der Waals surface area (Å²) in [7, 11) is 1.14. The Bertz CT molecular complexity index is 763. The summed E-state index contributed by atoms with van der Waals surface area (Å²) in [5.74, 6) is -2.25. The largest absolute Gasteiger partial charge is 0.465 e. The van der Waals surface area contributed by atoms with Crippen LogP contribution in [0.25, 0.3) is 0 Å². The number of pyridine rings is 1. The highest BCUT2D eigenvalue weighted by molar-refractivity contribution is 5.90. The average molecular weight is 337 g/mol. The molecule has 1 N–H and O–H groups in total. The summed E-state index contributed by atoms with van der Waals surface area (Å²) < 4.78 is 31.5. The maximum Gasteiger partial charge on any atom is 0.339 e. The van der Waals surface area contributed by atoms with Crippen LogP contribution in [0.2, 0.25) is 0 Å². The number of hydrogen-bond donors (Lipinski definition) is 1. The highest BCUT2D eigenvalue weighted by atomic mass is 19.1. The van der Waals surface area contributed by atoms with Gasteiger partial charge in [-0.2, -0.15) is 0 Å². The van der Waals surface area contributed by atoms with E-state index in [9.17, 15) is 23.7 Å². The van der Waals surface area contributed by atoms with Gasteiger partial charge in [0.25, 0.3) is 0 Å². The molecule has 9 heteroatoms. The monoisotopic (exact) mass is 337 g/mol. The van der Waals surface area contributed by atoms with Gasteiger partial charge in [0.05, 0.1) is 17.6 Å². The van der Waals surface area contributed by atoms with Gasteiger partial charge in [-0.3, -0.25) is 10.1 Å². The van der Waals surface area contributed by atoms with Crippen LogP contribution in [0.1, 0.15) is 15.9 Å². The summed E-state index contributed by atoms with van der Waals surface area (Å²) in [6.07, 6.45) is 1.08. The molecule has 0 atom stereocenters. The van der Waals surface area contributed by atoms with Crippen LogP contribution in [0.3, 0.4) is 0 Å². The molecule has 0 amide bonds. The lowest BCUT2D eigenvalue weighted by atomic mass is 10.1. The summed E-state index contributed by atoms with van der Waals surface area (Å²) in [5, 5.41) is 13.7. The van der Waals surface area contributed by atoms with Gasteiger partial charge >= 0.3 is 11.7 Å². The number of nitrogens with zero attached hydrogens (tertiary/aromatic N) is 2. The van der Waals surface area contributed by atoms with Crippen molar-refractivity contribution in [1.29, 1.82) is 0 Å². The molecule has 0 aliphatic heterocycles. The van der Waals surface area contributed by atoms with E-state index in [2.05, 4.69) is 15.0 Å². The van der Waals surface area contributed by atoms with E-state index >= 15 is 0 Å². The number of anilines is 1. The zero-order chi connectivity index (χ0) is 17.7. The number of methoxy groups -OCH3 is 1. The minimum absolute atomic E-state index is 0.0171. The molecule has 0 radical (unpaired) electrons. The Labute approximate surface area is 135 Å². The van der Waals surface area contributed by atoms with E-state index < -0.39 is 28.2 Å². The van der Waals surface area contributed by atoms with Gasteiger partial charge in [-0.15, -0.1) is 0 Å². The topological polar surface area (TPSA) is 94.4 Å². The molecule has 7 nitrogen and oxygen atoms in total. The standard InChI is InChI=1S/C15H13F2N3O4/c1-24-15(21)9-7-13(20(22)23)14(19-8-9)18-6-5-10-11(16)3-2-4-12(10)17/h2-4,7-8H,5-6H2,1H3,(H,18,19). The normalized spacial score (nSPS) is 10.3.